The monoisotopic (exact) mass is 636 g/mol. The molecule has 11 rings (SSSR count). The van der Waals surface area contributed by atoms with Gasteiger partial charge in [0.1, 0.15) is 11.3 Å². The number of furan rings is 1. The lowest BCUT2D eigenvalue weighted by Gasteiger charge is -2.31. The zero-order valence-electron chi connectivity index (χ0n) is 27.0. The fraction of sp³-hybridized carbons (Fsp3) is 0.0213. The Morgan fingerprint density at radius 2 is 1.06 bits per heavy atom. The lowest BCUT2D eigenvalue weighted by Crippen LogP contribution is -2.26. The molecular weight excluding hydrogens is 609 g/mol. The molecule has 0 bridgehead atoms. The largest absolute Gasteiger partial charge is 0.456 e. The Morgan fingerprint density at radius 1 is 0.420 bits per heavy atom. The minimum Gasteiger partial charge on any atom is -0.456 e. The van der Waals surface area contributed by atoms with Gasteiger partial charge in [-0.2, -0.15) is 0 Å². The van der Waals surface area contributed by atoms with Gasteiger partial charge in [-0.15, -0.1) is 0 Å². The van der Waals surface area contributed by atoms with Crippen molar-refractivity contribution in [2.45, 2.75) is 5.41 Å². The molecule has 0 radical (unpaired) electrons. The first-order chi connectivity index (χ1) is 24.8. The Hall–Kier alpha value is -6.58. The molecule has 232 valence electrons. The van der Waals surface area contributed by atoms with Gasteiger partial charge < -0.3 is 4.42 Å². The maximum absolute atomic E-state index is 6.84. The van der Waals surface area contributed by atoms with Gasteiger partial charge in [0.15, 0.2) is 5.82 Å². The zero-order valence-corrected chi connectivity index (χ0v) is 27.0. The normalized spacial score (nSPS) is 13.4. The smallest absolute Gasteiger partial charge is 0.160 e. The second-order valence-corrected chi connectivity index (χ2v) is 13.3. The van der Waals surface area contributed by atoms with Crippen molar-refractivity contribution in [2.75, 3.05) is 0 Å². The average Bonchev–Trinajstić information content (AvgIpc) is 3.82. The molecule has 0 saturated carbocycles. The van der Waals surface area contributed by atoms with E-state index < -0.39 is 5.41 Å². The molecule has 2 heterocycles. The molecule has 50 heavy (non-hydrogen) atoms. The van der Waals surface area contributed by atoms with Crippen LogP contribution in [-0.2, 0) is 5.41 Å². The summed E-state index contributed by atoms with van der Waals surface area (Å²) in [5.41, 5.74) is 13.8. The third-order valence-corrected chi connectivity index (χ3v) is 10.7. The Morgan fingerprint density at radius 3 is 1.88 bits per heavy atom. The van der Waals surface area contributed by atoms with Gasteiger partial charge in [0.2, 0.25) is 0 Å². The van der Waals surface area contributed by atoms with Gasteiger partial charge in [0, 0.05) is 33.2 Å². The molecule has 2 aliphatic rings. The summed E-state index contributed by atoms with van der Waals surface area (Å²) in [6.45, 7) is 0. The molecule has 0 unspecified atom stereocenters. The molecule has 1 spiro atoms. The van der Waals surface area contributed by atoms with Crippen molar-refractivity contribution in [1.82, 2.24) is 9.97 Å². The fourth-order valence-electron chi connectivity index (χ4n) is 8.66. The number of hydrogen-bond donors (Lipinski definition) is 0. The molecule has 7 aromatic carbocycles. The molecule has 0 amide bonds. The number of fused-ring (bicyclic) bond motifs is 13. The molecule has 0 aliphatic heterocycles. The predicted molar refractivity (Wildman–Crippen MR) is 202 cm³/mol. The van der Waals surface area contributed by atoms with E-state index >= 15 is 0 Å². The average molecular weight is 637 g/mol. The van der Waals surface area contributed by atoms with Gasteiger partial charge in [-0.1, -0.05) is 152 Å². The van der Waals surface area contributed by atoms with Crippen LogP contribution in [0.5, 0.6) is 0 Å². The van der Waals surface area contributed by atoms with Crippen molar-refractivity contribution in [3.8, 4) is 56.4 Å². The number of aromatic nitrogens is 2. The summed E-state index contributed by atoms with van der Waals surface area (Å²) < 4.78 is 6.84. The summed E-state index contributed by atoms with van der Waals surface area (Å²) in [6, 6.07) is 60.4. The topological polar surface area (TPSA) is 38.9 Å². The van der Waals surface area contributed by atoms with E-state index in [1.54, 1.807) is 0 Å². The van der Waals surface area contributed by atoms with Crippen molar-refractivity contribution in [3.63, 3.8) is 0 Å². The third kappa shape index (κ3) is 3.64. The summed E-state index contributed by atoms with van der Waals surface area (Å²) in [5, 5.41) is 3.49. The Labute approximate surface area is 289 Å². The van der Waals surface area contributed by atoms with Crippen molar-refractivity contribution in [3.05, 3.63) is 192 Å². The van der Waals surface area contributed by atoms with Gasteiger partial charge >= 0.3 is 0 Å². The van der Waals surface area contributed by atoms with Gasteiger partial charge in [-0.05, 0) is 56.8 Å². The molecule has 3 nitrogen and oxygen atoms in total. The highest BCUT2D eigenvalue weighted by atomic mass is 16.3. The van der Waals surface area contributed by atoms with E-state index in [2.05, 4.69) is 164 Å². The van der Waals surface area contributed by atoms with Crippen LogP contribution in [-0.4, -0.2) is 9.97 Å². The molecule has 0 fully saturated rings. The quantitative estimate of drug-likeness (QED) is 0.194. The third-order valence-electron chi connectivity index (χ3n) is 10.7. The minimum absolute atomic E-state index is 0.595. The number of hydrogen-bond acceptors (Lipinski definition) is 3. The predicted octanol–water partition coefficient (Wildman–Crippen LogP) is 11.7. The maximum Gasteiger partial charge on any atom is 0.160 e. The first kappa shape index (κ1) is 27.4. The van der Waals surface area contributed by atoms with E-state index in [-0.39, 0.29) is 0 Å². The number of para-hydroxylation sites is 1. The van der Waals surface area contributed by atoms with Crippen LogP contribution in [0.25, 0.3) is 78.1 Å². The second-order valence-electron chi connectivity index (χ2n) is 13.3. The van der Waals surface area contributed by atoms with Crippen LogP contribution >= 0.6 is 0 Å². The molecule has 2 aliphatic carbocycles. The summed E-state index contributed by atoms with van der Waals surface area (Å²) in [5.74, 6) is 1.63. The van der Waals surface area contributed by atoms with E-state index in [0.29, 0.717) is 5.82 Å². The molecule has 9 aromatic rings. The van der Waals surface area contributed by atoms with E-state index in [4.69, 9.17) is 14.4 Å². The standard InChI is InChI=1S/C47H28N2O/c1-2-14-30(15-3-1)40-28-41(49-46(48-40)32-26-25-29-13-4-5-16-31(29)27-32)35-20-12-21-37-43(35)47(44-36-19-8-11-24-42(36)50-45(37)44)38-22-9-6-17-33(38)34-18-7-10-23-39(34)47/h1-28H. The lowest BCUT2D eigenvalue weighted by atomic mass is 9.68. The van der Waals surface area contributed by atoms with Crippen LogP contribution in [0, 0.1) is 0 Å². The first-order valence-electron chi connectivity index (χ1n) is 17.1. The maximum atomic E-state index is 6.84. The van der Waals surface area contributed by atoms with Crippen LogP contribution in [0.4, 0.5) is 0 Å². The summed E-state index contributed by atoms with van der Waals surface area (Å²) in [4.78, 5) is 10.6. The van der Waals surface area contributed by atoms with E-state index in [1.165, 1.54) is 38.8 Å². The Bertz CT molecular complexity index is 2780. The van der Waals surface area contributed by atoms with Gasteiger partial charge in [-0.25, -0.2) is 9.97 Å². The highest BCUT2D eigenvalue weighted by Gasteiger charge is 2.55. The van der Waals surface area contributed by atoms with Gasteiger partial charge in [0.25, 0.3) is 0 Å². The highest BCUT2D eigenvalue weighted by molar-refractivity contribution is 6.04. The molecule has 2 aromatic heterocycles. The zero-order chi connectivity index (χ0) is 32.8. The molecule has 3 heteroatoms. The molecule has 0 N–H and O–H groups in total. The van der Waals surface area contributed by atoms with Crippen molar-refractivity contribution in [1.29, 1.82) is 0 Å². The van der Waals surface area contributed by atoms with Crippen molar-refractivity contribution in [2.24, 2.45) is 0 Å². The summed E-state index contributed by atoms with van der Waals surface area (Å²) in [6.07, 6.45) is 0. The van der Waals surface area contributed by atoms with Crippen LogP contribution in [0.15, 0.2) is 174 Å². The highest BCUT2D eigenvalue weighted by Crippen LogP contribution is 2.66. The fourth-order valence-corrected chi connectivity index (χ4v) is 8.66. The lowest BCUT2D eigenvalue weighted by molar-refractivity contribution is 0.628. The van der Waals surface area contributed by atoms with Crippen LogP contribution in [0.1, 0.15) is 22.3 Å². The number of nitrogens with zero attached hydrogens (tertiary/aromatic N) is 2. The second kappa shape index (κ2) is 10.2. The van der Waals surface area contributed by atoms with Crippen molar-refractivity contribution >= 4 is 21.7 Å². The van der Waals surface area contributed by atoms with Crippen LogP contribution in [0.3, 0.4) is 0 Å². The minimum atomic E-state index is -0.595. The summed E-state index contributed by atoms with van der Waals surface area (Å²) in [7, 11) is 0. The molecule has 0 saturated heterocycles. The Kier molecular flexibility index (Phi) is 5.59. The SMILES string of the molecule is c1ccc(-c2cc(-c3cccc4c3C3(c5ccccc5-c5ccccc53)c3c-4oc4ccccc34)nc(-c3ccc4ccccc4c3)n2)cc1. The van der Waals surface area contributed by atoms with E-state index in [1.807, 2.05) is 6.07 Å². The summed E-state index contributed by atoms with van der Waals surface area (Å²) >= 11 is 0. The molecular formula is C47H28N2O. The number of rotatable bonds is 3. The van der Waals surface area contributed by atoms with E-state index in [9.17, 15) is 0 Å². The van der Waals surface area contributed by atoms with Crippen molar-refractivity contribution < 1.29 is 4.42 Å². The molecule has 0 atom stereocenters. The first-order valence-corrected chi connectivity index (χ1v) is 17.1. The van der Waals surface area contributed by atoms with E-state index in [0.717, 1.165) is 55.8 Å². The van der Waals surface area contributed by atoms with Crippen LogP contribution < -0.4 is 0 Å². The van der Waals surface area contributed by atoms with Gasteiger partial charge in [0.05, 0.1) is 16.8 Å². The van der Waals surface area contributed by atoms with Gasteiger partial charge in [-0.3, -0.25) is 0 Å². The Balaban J connectivity index is 1.25. The number of benzene rings is 7. The van der Waals surface area contributed by atoms with Crippen LogP contribution in [0.2, 0.25) is 0 Å².